The van der Waals surface area contributed by atoms with E-state index >= 15 is 4.39 Å². The Morgan fingerprint density at radius 1 is 1.18 bits per heavy atom. The monoisotopic (exact) mass is 531 g/mol. The number of nitrogens with two attached hydrogens (primary N) is 1. The topological polar surface area (TPSA) is 165 Å². The van der Waals surface area contributed by atoms with Crippen molar-refractivity contribution < 1.29 is 39.2 Å². The Kier molecular flexibility index (Phi) is 6.49. The molecule has 1 amide bonds. The van der Waals surface area contributed by atoms with E-state index in [9.17, 15) is 34.8 Å². The Hall–Kier alpha value is -3.28. The highest BCUT2D eigenvalue weighted by molar-refractivity contribution is 6.24. The van der Waals surface area contributed by atoms with Crippen LogP contribution in [0.5, 0.6) is 5.75 Å². The van der Waals surface area contributed by atoms with Gasteiger partial charge in [0.15, 0.2) is 11.4 Å². The molecule has 3 aliphatic rings. The van der Waals surface area contributed by atoms with Gasteiger partial charge >= 0.3 is 0 Å². The summed E-state index contributed by atoms with van der Waals surface area (Å²) in [5, 5.41) is 44.4. The number of primary amides is 1. The number of rotatable bonds is 4. The van der Waals surface area contributed by atoms with Gasteiger partial charge in [0.1, 0.15) is 28.7 Å². The van der Waals surface area contributed by atoms with Crippen LogP contribution < -0.4 is 5.73 Å². The maximum Gasteiger partial charge on any atom is 0.255 e. The molecule has 0 spiro atoms. The summed E-state index contributed by atoms with van der Waals surface area (Å²) < 4.78 is 15.8. The number of aromatic hydroxyl groups is 1. The molecule has 0 aliphatic heterocycles. The van der Waals surface area contributed by atoms with Crippen molar-refractivity contribution in [2.45, 2.75) is 57.3 Å². The molecule has 11 heteroatoms. The van der Waals surface area contributed by atoms with Crippen molar-refractivity contribution >= 4 is 23.2 Å². The molecule has 0 radical (unpaired) electrons. The zero-order valence-corrected chi connectivity index (χ0v) is 22.3. The number of aliphatic hydroxyl groups is 3. The number of likely N-dealkylation sites (N-methyl/N-ethyl adjacent to an activating group) is 1. The third-order valence-electron chi connectivity index (χ3n) is 8.28. The van der Waals surface area contributed by atoms with Crippen LogP contribution in [-0.4, -0.2) is 86.0 Å². The molecule has 1 saturated carbocycles. The molecule has 4 rings (SSSR count). The van der Waals surface area contributed by atoms with Gasteiger partial charge in [-0.1, -0.05) is 0 Å². The zero-order chi connectivity index (χ0) is 28.6. The third-order valence-corrected chi connectivity index (χ3v) is 8.28. The number of hydrogen-bond donors (Lipinski definition) is 5. The van der Waals surface area contributed by atoms with Crippen LogP contribution in [0, 0.1) is 17.7 Å². The predicted octanol–water partition coefficient (Wildman–Crippen LogP) is 1.33. The number of phenolic OH excluding ortho intramolecular Hbond substituents is 1. The molecule has 10 nitrogen and oxygen atoms in total. The summed E-state index contributed by atoms with van der Waals surface area (Å²) in [6, 6.07) is -0.000117. The molecule has 1 aromatic carbocycles. The van der Waals surface area contributed by atoms with Crippen molar-refractivity contribution in [3.63, 3.8) is 0 Å². The minimum absolute atomic E-state index is 0.0212. The lowest BCUT2D eigenvalue weighted by molar-refractivity contribution is -0.153. The number of halogens is 1. The van der Waals surface area contributed by atoms with Crippen LogP contribution in [0.2, 0.25) is 0 Å². The number of ketones is 2. The molecule has 0 aromatic heterocycles. The summed E-state index contributed by atoms with van der Waals surface area (Å²) in [6.07, 6.45) is -0.195. The molecule has 206 valence electrons. The van der Waals surface area contributed by atoms with Crippen LogP contribution in [0.3, 0.4) is 0 Å². The van der Waals surface area contributed by atoms with Gasteiger partial charge in [-0.2, -0.15) is 0 Å². The number of nitrogens with zero attached hydrogens (tertiary/aromatic N) is 2. The van der Waals surface area contributed by atoms with Gasteiger partial charge in [0.25, 0.3) is 5.91 Å². The van der Waals surface area contributed by atoms with Gasteiger partial charge in [-0.05, 0) is 66.7 Å². The second-order valence-electron chi connectivity index (χ2n) is 11.7. The Morgan fingerprint density at radius 2 is 1.79 bits per heavy atom. The maximum absolute atomic E-state index is 15.8. The predicted molar refractivity (Wildman–Crippen MR) is 135 cm³/mol. The van der Waals surface area contributed by atoms with Crippen LogP contribution in [0.15, 0.2) is 23.0 Å². The van der Waals surface area contributed by atoms with E-state index in [2.05, 4.69) is 0 Å². The van der Waals surface area contributed by atoms with Crippen molar-refractivity contribution in [2.75, 3.05) is 21.1 Å². The molecule has 3 aliphatic carbocycles. The van der Waals surface area contributed by atoms with Crippen LogP contribution in [0.4, 0.5) is 4.39 Å². The first kappa shape index (κ1) is 27.7. The first-order valence-electron chi connectivity index (χ1n) is 12.3. The standard InChI is InChI=1S/C27H34FN3O7/c1-26(2,3)31(6)10-12-9-15(32)17-13(19(12)28)7-11-8-14-20(30(4)5)22(34)18(25(29)37)24(36)27(14,38)23(35)16(11)21(17)33/h9,11,14,20,32-33,36,38H,7-8,10H2,1-6H3,(H2,29,37)/t11-,14-,20-,27-/m0/s1. The van der Waals surface area contributed by atoms with Crippen molar-refractivity contribution in [2.24, 2.45) is 17.6 Å². The number of benzene rings is 1. The minimum Gasteiger partial charge on any atom is -0.508 e. The van der Waals surface area contributed by atoms with Crippen molar-refractivity contribution in [3.05, 3.63) is 45.5 Å². The largest absolute Gasteiger partial charge is 0.508 e. The Balaban J connectivity index is 1.90. The number of phenols is 1. The number of fused-ring (bicyclic) bond motifs is 3. The van der Waals surface area contributed by atoms with Gasteiger partial charge in [0.2, 0.25) is 5.78 Å². The average molecular weight is 532 g/mol. The number of amides is 1. The lowest BCUT2D eigenvalue weighted by atomic mass is 9.57. The Bertz CT molecular complexity index is 1330. The lowest BCUT2D eigenvalue weighted by Gasteiger charge is -2.50. The average Bonchev–Trinajstić information content (AvgIpc) is 2.78. The summed E-state index contributed by atoms with van der Waals surface area (Å²) >= 11 is 0. The first-order valence-corrected chi connectivity index (χ1v) is 12.3. The fourth-order valence-corrected chi connectivity index (χ4v) is 5.95. The van der Waals surface area contributed by atoms with Gasteiger partial charge in [-0.15, -0.1) is 0 Å². The molecule has 0 unspecified atom stereocenters. The Labute approximate surface area is 219 Å². The third kappa shape index (κ3) is 3.83. The normalized spacial score (nSPS) is 27.6. The highest BCUT2D eigenvalue weighted by Crippen LogP contribution is 2.53. The first-order chi connectivity index (χ1) is 17.4. The summed E-state index contributed by atoms with van der Waals surface area (Å²) in [6.45, 7) is 6.04. The van der Waals surface area contributed by atoms with Gasteiger partial charge in [0, 0.05) is 34.7 Å². The molecule has 1 fully saturated rings. The number of carbonyl (C=O) groups is 3. The number of aliphatic hydroxyl groups excluding tert-OH is 2. The Morgan fingerprint density at radius 3 is 2.32 bits per heavy atom. The molecule has 0 saturated heterocycles. The highest BCUT2D eigenvalue weighted by Gasteiger charge is 2.64. The van der Waals surface area contributed by atoms with E-state index in [-0.39, 0.29) is 47.2 Å². The maximum atomic E-state index is 15.8. The van der Waals surface area contributed by atoms with Crippen LogP contribution in [0.25, 0.3) is 5.76 Å². The van der Waals surface area contributed by atoms with Crippen LogP contribution in [-0.2, 0) is 27.3 Å². The zero-order valence-electron chi connectivity index (χ0n) is 22.3. The fraction of sp³-hybridized carbons (Fsp3) is 0.519. The molecule has 4 atom stereocenters. The van der Waals surface area contributed by atoms with Crippen LogP contribution >= 0.6 is 0 Å². The van der Waals surface area contributed by atoms with E-state index in [1.807, 2.05) is 32.7 Å². The molecule has 1 aromatic rings. The van der Waals surface area contributed by atoms with Crippen LogP contribution in [0.1, 0.15) is 43.9 Å². The number of hydrogen-bond acceptors (Lipinski definition) is 9. The summed E-state index contributed by atoms with van der Waals surface area (Å²) in [5.41, 5.74) is 1.07. The number of carbonyl (C=O) groups excluding carboxylic acids is 3. The van der Waals surface area contributed by atoms with E-state index in [1.165, 1.54) is 25.1 Å². The van der Waals surface area contributed by atoms with Gasteiger partial charge in [0.05, 0.1) is 11.6 Å². The van der Waals surface area contributed by atoms with Crippen molar-refractivity contribution in [3.8, 4) is 5.75 Å². The summed E-state index contributed by atoms with van der Waals surface area (Å²) in [4.78, 5) is 42.3. The van der Waals surface area contributed by atoms with Crippen molar-refractivity contribution in [1.29, 1.82) is 0 Å². The van der Waals surface area contributed by atoms with E-state index in [0.29, 0.717) is 0 Å². The lowest BCUT2D eigenvalue weighted by Crippen LogP contribution is -2.65. The molecular weight excluding hydrogens is 497 g/mol. The van der Waals surface area contributed by atoms with E-state index in [4.69, 9.17) is 5.73 Å². The smallest absolute Gasteiger partial charge is 0.255 e. The summed E-state index contributed by atoms with van der Waals surface area (Å²) in [7, 11) is 4.85. The van der Waals surface area contributed by atoms with E-state index < -0.39 is 69.6 Å². The molecule has 38 heavy (non-hydrogen) atoms. The molecule has 0 heterocycles. The molecule has 0 bridgehead atoms. The SMILES string of the molecule is CN(C)[C@@H]1C(=O)C(C(N)=O)=C(O)[C@@]2(O)C(=O)C3=C(O)c4c(O)cc(CN(C)C(C)(C)C)c(F)c4C[C@H]3C[C@@H]12. The molecular formula is C27H34FN3O7. The quantitative estimate of drug-likeness (QED) is 0.361. The fourth-order valence-electron chi connectivity index (χ4n) is 5.95. The summed E-state index contributed by atoms with van der Waals surface area (Å²) in [5.74, 6) is -8.27. The van der Waals surface area contributed by atoms with Gasteiger partial charge < -0.3 is 26.2 Å². The van der Waals surface area contributed by atoms with Gasteiger partial charge in [-0.25, -0.2) is 4.39 Å². The number of Topliss-reactive ketones (excluding diaryl/α,β-unsaturated/α-hetero) is 2. The van der Waals surface area contributed by atoms with Gasteiger partial charge in [-0.3, -0.25) is 24.2 Å². The van der Waals surface area contributed by atoms with Crippen molar-refractivity contribution in [1.82, 2.24) is 9.80 Å². The second kappa shape index (κ2) is 8.89. The molecule has 6 N–H and O–H groups in total. The van der Waals surface area contributed by atoms with E-state index in [1.54, 1.807) is 0 Å². The highest BCUT2D eigenvalue weighted by atomic mass is 19.1. The second-order valence-corrected chi connectivity index (χ2v) is 11.7. The van der Waals surface area contributed by atoms with E-state index in [0.717, 1.165) is 0 Å². The minimum atomic E-state index is -2.73.